The van der Waals surface area contributed by atoms with Gasteiger partial charge in [0, 0.05) is 6.42 Å². The second-order valence-corrected chi connectivity index (χ2v) is 4.27. The van der Waals surface area contributed by atoms with Crippen molar-refractivity contribution in [2.24, 2.45) is 0 Å². The molecule has 8 heteroatoms. The molecule has 1 unspecified atom stereocenters. The van der Waals surface area contributed by atoms with E-state index in [1.54, 1.807) is 0 Å². The van der Waals surface area contributed by atoms with Gasteiger partial charge in [0.1, 0.15) is 5.75 Å². The maximum absolute atomic E-state index is 10.7. The zero-order valence-electron chi connectivity index (χ0n) is 8.48. The fourth-order valence-electron chi connectivity index (χ4n) is 1.16. The number of carboxylic acid groups (broad SMARTS) is 1. The van der Waals surface area contributed by atoms with Crippen LogP contribution in [0, 0.1) is 0 Å². The van der Waals surface area contributed by atoms with Crippen molar-refractivity contribution in [2.45, 2.75) is 12.5 Å². The SMILES string of the molecule is O=C(O)C(Cc1ccc(O)cc1)OS(=O)(=O)O. The lowest BCUT2D eigenvalue weighted by Gasteiger charge is -2.10. The van der Waals surface area contributed by atoms with Crippen LogP contribution in [-0.2, 0) is 25.8 Å². The second kappa shape index (κ2) is 5.13. The molecule has 1 rings (SSSR count). The van der Waals surface area contributed by atoms with E-state index >= 15 is 0 Å². The molecule has 0 fully saturated rings. The zero-order valence-corrected chi connectivity index (χ0v) is 9.29. The van der Waals surface area contributed by atoms with Gasteiger partial charge < -0.3 is 10.2 Å². The number of benzene rings is 1. The van der Waals surface area contributed by atoms with Gasteiger partial charge in [0.15, 0.2) is 6.10 Å². The fourth-order valence-corrected chi connectivity index (χ4v) is 1.60. The van der Waals surface area contributed by atoms with E-state index in [-0.39, 0.29) is 12.2 Å². The highest BCUT2D eigenvalue weighted by molar-refractivity contribution is 7.80. The molecule has 0 aromatic heterocycles. The van der Waals surface area contributed by atoms with Gasteiger partial charge in [-0.25, -0.2) is 8.98 Å². The molecule has 0 saturated carbocycles. The van der Waals surface area contributed by atoms with Crippen LogP contribution in [0.4, 0.5) is 0 Å². The van der Waals surface area contributed by atoms with Crippen molar-refractivity contribution in [3.8, 4) is 5.75 Å². The first-order valence-corrected chi connectivity index (χ1v) is 5.81. The number of phenols is 1. The summed E-state index contributed by atoms with van der Waals surface area (Å²) in [5, 5.41) is 17.7. The first-order chi connectivity index (χ1) is 7.78. The molecule has 0 radical (unpaired) electrons. The van der Waals surface area contributed by atoms with Crippen molar-refractivity contribution in [3.05, 3.63) is 29.8 Å². The van der Waals surface area contributed by atoms with Crippen molar-refractivity contribution in [1.29, 1.82) is 0 Å². The summed E-state index contributed by atoms with van der Waals surface area (Å²) in [6.07, 6.45) is -1.97. The van der Waals surface area contributed by atoms with Gasteiger partial charge in [-0.15, -0.1) is 0 Å². The molecule has 94 valence electrons. The highest BCUT2D eigenvalue weighted by atomic mass is 32.3. The Labute approximate surface area is 97.2 Å². The van der Waals surface area contributed by atoms with Crippen LogP contribution in [0.3, 0.4) is 0 Å². The Morgan fingerprint density at radius 3 is 2.24 bits per heavy atom. The quantitative estimate of drug-likeness (QED) is 0.648. The molecule has 0 amide bonds. The Balaban J connectivity index is 2.80. The molecule has 0 saturated heterocycles. The van der Waals surface area contributed by atoms with Crippen LogP contribution in [0.1, 0.15) is 5.56 Å². The molecular weight excluding hydrogens is 252 g/mol. The molecule has 0 bridgehead atoms. The van der Waals surface area contributed by atoms with Crippen LogP contribution in [0.15, 0.2) is 24.3 Å². The fraction of sp³-hybridized carbons (Fsp3) is 0.222. The van der Waals surface area contributed by atoms with Gasteiger partial charge in [-0.05, 0) is 17.7 Å². The molecule has 3 N–H and O–H groups in total. The number of hydrogen-bond acceptors (Lipinski definition) is 5. The number of rotatable bonds is 5. The summed E-state index contributed by atoms with van der Waals surface area (Å²) in [5.74, 6) is -1.52. The lowest BCUT2D eigenvalue weighted by atomic mass is 10.1. The maximum atomic E-state index is 10.7. The second-order valence-electron chi connectivity index (χ2n) is 3.22. The van der Waals surface area contributed by atoms with Crippen LogP contribution >= 0.6 is 0 Å². The van der Waals surface area contributed by atoms with Gasteiger partial charge in [0.2, 0.25) is 0 Å². The number of hydrogen-bond donors (Lipinski definition) is 3. The molecule has 0 aliphatic rings. The van der Waals surface area contributed by atoms with Crippen molar-refractivity contribution in [1.82, 2.24) is 0 Å². The summed E-state index contributed by atoms with van der Waals surface area (Å²) >= 11 is 0. The minimum Gasteiger partial charge on any atom is -0.508 e. The van der Waals surface area contributed by atoms with Crippen LogP contribution in [0.25, 0.3) is 0 Å². The van der Waals surface area contributed by atoms with Gasteiger partial charge in [-0.3, -0.25) is 4.55 Å². The van der Waals surface area contributed by atoms with E-state index in [1.807, 2.05) is 0 Å². The minimum atomic E-state index is -4.83. The summed E-state index contributed by atoms with van der Waals surface area (Å²) < 4.78 is 33.2. The number of aromatic hydroxyl groups is 1. The Morgan fingerprint density at radius 2 is 1.82 bits per heavy atom. The van der Waals surface area contributed by atoms with E-state index in [0.29, 0.717) is 5.56 Å². The average molecular weight is 262 g/mol. The Kier molecular flexibility index (Phi) is 4.05. The predicted octanol–water partition coefficient (Wildman–Crippen LogP) is 0.207. The van der Waals surface area contributed by atoms with Gasteiger partial charge in [-0.2, -0.15) is 8.42 Å². The highest BCUT2D eigenvalue weighted by Crippen LogP contribution is 2.13. The lowest BCUT2D eigenvalue weighted by Crippen LogP contribution is -2.29. The average Bonchev–Trinajstić information content (AvgIpc) is 2.18. The largest absolute Gasteiger partial charge is 0.508 e. The molecule has 0 spiro atoms. The smallest absolute Gasteiger partial charge is 0.398 e. The van der Waals surface area contributed by atoms with Crippen LogP contribution < -0.4 is 0 Å². The maximum Gasteiger partial charge on any atom is 0.398 e. The van der Waals surface area contributed by atoms with E-state index < -0.39 is 22.5 Å². The zero-order chi connectivity index (χ0) is 13.1. The molecule has 0 heterocycles. The van der Waals surface area contributed by atoms with Gasteiger partial charge >= 0.3 is 16.4 Å². The van der Waals surface area contributed by atoms with Gasteiger partial charge in [-0.1, -0.05) is 12.1 Å². The molecule has 1 atom stereocenters. The van der Waals surface area contributed by atoms with Gasteiger partial charge in [0.05, 0.1) is 0 Å². The third kappa shape index (κ3) is 4.81. The molecule has 1 aromatic rings. The van der Waals surface area contributed by atoms with Crippen LogP contribution in [0.2, 0.25) is 0 Å². The van der Waals surface area contributed by atoms with E-state index in [0.717, 1.165) is 0 Å². The molecule has 0 aliphatic heterocycles. The molecule has 17 heavy (non-hydrogen) atoms. The lowest BCUT2D eigenvalue weighted by molar-refractivity contribution is -0.145. The standard InChI is InChI=1S/C9H10O7S/c10-7-3-1-6(2-4-7)5-8(9(11)12)16-17(13,14)15/h1-4,8,10H,5H2,(H,11,12)(H,13,14,15). The third-order valence-corrected chi connectivity index (χ3v) is 2.35. The summed E-state index contributed by atoms with van der Waals surface area (Å²) in [4.78, 5) is 10.7. The number of phenolic OH excluding ortho intramolecular Hbond substituents is 1. The van der Waals surface area contributed by atoms with E-state index in [2.05, 4.69) is 4.18 Å². The van der Waals surface area contributed by atoms with Crippen molar-refractivity contribution in [3.63, 3.8) is 0 Å². The third-order valence-electron chi connectivity index (χ3n) is 1.87. The number of aliphatic carboxylic acids is 1. The van der Waals surface area contributed by atoms with E-state index in [9.17, 15) is 13.2 Å². The van der Waals surface area contributed by atoms with Crippen molar-refractivity contribution < 1.29 is 32.2 Å². The first kappa shape index (κ1) is 13.4. The summed E-state index contributed by atoms with van der Waals surface area (Å²) in [7, 11) is -4.83. The van der Waals surface area contributed by atoms with E-state index in [4.69, 9.17) is 14.8 Å². The number of carbonyl (C=O) groups is 1. The Morgan fingerprint density at radius 1 is 1.29 bits per heavy atom. The topological polar surface area (TPSA) is 121 Å². The van der Waals surface area contributed by atoms with E-state index in [1.165, 1.54) is 24.3 Å². The highest BCUT2D eigenvalue weighted by Gasteiger charge is 2.24. The molecular formula is C9H10O7S. The monoisotopic (exact) mass is 262 g/mol. The van der Waals surface area contributed by atoms with Crippen molar-refractivity contribution in [2.75, 3.05) is 0 Å². The number of carboxylic acids is 1. The first-order valence-electron chi connectivity index (χ1n) is 4.44. The van der Waals surface area contributed by atoms with Crippen molar-refractivity contribution >= 4 is 16.4 Å². The molecule has 1 aromatic carbocycles. The molecule has 0 aliphatic carbocycles. The van der Waals surface area contributed by atoms with Crippen LogP contribution in [0.5, 0.6) is 5.75 Å². The Bertz CT molecular complexity index is 491. The van der Waals surface area contributed by atoms with Crippen LogP contribution in [-0.4, -0.2) is 35.3 Å². The normalized spacial score (nSPS) is 13.2. The summed E-state index contributed by atoms with van der Waals surface area (Å²) in [6.45, 7) is 0. The predicted molar refractivity (Wildman–Crippen MR) is 55.9 cm³/mol. The Hall–Kier alpha value is -1.64. The minimum absolute atomic E-state index is 0.00340. The summed E-state index contributed by atoms with van der Waals surface area (Å²) in [6, 6.07) is 5.47. The summed E-state index contributed by atoms with van der Waals surface area (Å²) in [5.41, 5.74) is 0.443. The van der Waals surface area contributed by atoms with Gasteiger partial charge in [0.25, 0.3) is 0 Å². The molecule has 7 nitrogen and oxygen atoms in total.